The van der Waals surface area contributed by atoms with Crippen LogP contribution in [0.1, 0.15) is 35.0 Å². The molecule has 0 N–H and O–H groups in total. The predicted octanol–water partition coefficient (Wildman–Crippen LogP) is 4.18. The summed E-state index contributed by atoms with van der Waals surface area (Å²) in [7, 11) is 0. The molecule has 124 valence electrons. The normalized spacial score (nSPS) is 11.2. The van der Waals surface area contributed by atoms with Crippen molar-refractivity contribution in [1.29, 1.82) is 5.26 Å². The summed E-state index contributed by atoms with van der Waals surface area (Å²) in [5, 5.41) is 9.21. The van der Waals surface area contributed by atoms with Gasteiger partial charge in [-0.15, -0.1) is 0 Å². The fraction of sp³-hybridized carbons (Fsp3) is 0.300. The highest BCUT2D eigenvalue weighted by atomic mass is 16.5. The number of carbonyl (C=O) groups excluding carboxylic acids is 1. The van der Waals surface area contributed by atoms with E-state index in [0.29, 0.717) is 0 Å². The monoisotopic (exact) mass is 322 g/mol. The number of aromatic nitrogens is 1. The molecule has 0 aliphatic rings. The number of carbonyl (C=O) groups is 1. The summed E-state index contributed by atoms with van der Waals surface area (Å²) >= 11 is 0. The molecule has 0 fully saturated rings. The van der Waals surface area contributed by atoms with Gasteiger partial charge < -0.3 is 9.30 Å². The van der Waals surface area contributed by atoms with Crippen LogP contribution in [0.3, 0.4) is 0 Å². The third-order valence-corrected chi connectivity index (χ3v) is 4.13. The van der Waals surface area contributed by atoms with Gasteiger partial charge in [0.1, 0.15) is 11.6 Å². The molecule has 4 heteroatoms. The Morgan fingerprint density at radius 1 is 1.21 bits per heavy atom. The summed E-state index contributed by atoms with van der Waals surface area (Å²) in [6, 6.07) is 10.2. The third-order valence-electron chi connectivity index (χ3n) is 4.13. The van der Waals surface area contributed by atoms with Crippen LogP contribution in [0.5, 0.6) is 0 Å². The maximum absolute atomic E-state index is 11.8. The number of aryl methyl sites for hydroxylation is 3. The zero-order valence-electron chi connectivity index (χ0n) is 14.8. The molecule has 0 unspecified atom stereocenters. The fourth-order valence-corrected chi connectivity index (χ4v) is 2.70. The molecule has 0 radical (unpaired) electrons. The summed E-state index contributed by atoms with van der Waals surface area (Å²) in [6.07, 6.45) is 1.60. The molecule has 0 aliphatic heterocycles. The van der Waals surface area contributed by atoms with Crippen LogP contribution < -0.4 is 0 Å². The second kappa shape index (κ2) is 7.18. The number of hydrogen-bond donors (Lipinski definition) is 0. The zero-order chi connectivity index (χ0) is 17.9. The Morgan fingerprint density at radius 2 is 1.92 bits per heavy atom. The van der Waals surface area contributed by atoms with Crippen molar-refractivity contribution in [3.8, 4) is 11.8 Å². The van der Waals surface area contributed by atoms with Gasteiger partial charge in [0.05, 0.1) is 6.61 Å². The van der Waals surface area contributed by atoms with Crippen LogP contribution in [0.15, 0.2) is 29.8 Å². The van der Waals surface area contributed by atoms with E-state index in [-0.39, 0.29) is 12.2 Å². The Labute approximate surface area is 143 Å². The van der Waals surface area contributed by atoms with Crippen molar-refractivity contribution < 1.29 is 9.53 Å². The third kappa shape index (κ3) is 3.41. The molecule has 4 nitrogen and oxygen atoms in total. The van der Waals surface area contributed by atoms with Gasteiger partial charge in [0.15, 0.2) is 0 Å². The Bertz CT molecular complexity index is 851. The van der Waals surface area contributed by atoms with E-state index in [2.05, 4.69) is 36.6 Å². The van der Waals surface area contributed by atoms with E-state index in [1.54, 1.807) is 13.0 Å². The van der Waals surface area contributed by atoms with Gasteiger partial charge in [-0.25, -0.2) is 4.79 Å². The second-order valence-electron chi connectivity index (χ2n) is 5.82. The molecule has 2 aromatic rings. The van der Waals surface area contributed by atoms with Crippen LogP contribution in [0.2, 0.25) is 0 Å². The van der Waals surface area contributed by atoms with E-state index in [9.17, 15) is 10.1 Å². The summed E-state index contributed by atoms with van der Waals surface area (Å²) in [5.74, 6) is -0.587. The molecular formula is C20H22N2O2. The van der Waals surface area contributed by atoms with Crippen molar-refractivity contribution in [3.63, 3.8) is 0 Å². The Kier molecular flexibility index (Phi) is 5.25. The number of ether oxygens (including phenoxy) is 1. The molecule has 0 amide bonds. The molecule has 1 aromatic heterocycles. The van der Waals surface area contributed by atoms with E-state index in [4.69, 9.17) is 4.74 Å². The standard InChI is InChI=1S/C20H22N2O2/c1-6-24-20(23)18(12-21)11-17-10-15(4)22(16(17)5)19-8-7-13(2)14(3)9-19/h7-11H,6H2,1-5H3/b18-11+. The lowest BCUT2D eigenvalue weighted by atomic mass is 10.1. The number of nitrogens with zero attached hydrogens (tertiary/aromatic N) is 2. The summed E-state index contributed by atoms with van der Waals surface area (Å²) < 4.78 is 7.04. The molecule has 0 bridgehead atoms. The topological polar surface area (TPSA) is 55.0 Å². The van der Waals surface area contributed by atoms with Crippen molar-refractivity contribution >= 4 is 12.0 Å². The number of nitriles is 1. The summed E-state index contributed by atoms with van der Waals surface area (Å²) in [5.41, 5.74) is 6.42. The second-order valence-corrected chi connectivity index (χ2v) is 5.82. The number of hydrogen-bond acceptors (Lipinski definition) is 3. The van der Waals surface area contributed by atoms with Crippen LogP contribution in [0.25, 0.3) is 11.8 Å². The Morgan fingerprint density at radius 3 is 2.50 bits per heavy atom. The van der Waals surface area contributed by atoms with Crippen LogP contribution in [0.4, 0.5) is 0 Å². The first-order valence-electron chi connectivity index (χ1n) is 7.94. The van der Waals surface area contributed by atoms with E-state index < -0.39 is 5.97 Å². The van der Waals surface area contributed by atoms with Gasteiger partial charge in [-0.1, -0.05) is 6.07 Å². The Balaban J connectivity index is 2.51. The minimum absolute atomic E-state index is 0.0113. The molecule has 24 heavy (non-hydrogen) atoms. The van der Waals surface area contributed by atoms with E-state index in [1.165, 1.54) is 11.1 Å². The molecule has 0 spiro atoms. The van der Waals surface area contributed by atoms with Crippen molar-refractivity contribution in [2.24, 2.45) is 0 Å². The quantitative estimate of drug-likeness (QED) is 0.482. The van der Waals surface area contributed by atoms with Gasteiger partial charge in [0.2, 0.25) is 0 Å². The van der Waals surface area contributed by atoms with Gasteiger partial charge in [-0.05, 0) is 75.6 Å². The number of benzene rings is 1. The van der Waals surface area contributed by atoms with Gasteiger partial charge in [0.25, 0.3) is 0 Å². The minimum atomic E-state index is -0.587. The first kappa shape index (κ1) is 17.6. The summed E-state index contributed by atoms with van der Waals surface area (Å²) in [4.78, 5) is 11.8. The van der Waals surface area contributed by atoms with Gasteiger partial charge >= 0.3 is 5.97 Å². The first-order valence-corrected chi connectivity index (χ1v) is 7.94. The molecule has 2 rings (SSSR count). The first-order chi connectivity index (χ1) is 11.4. The largest absolute Gasteiger partial charge is 0.462 e. The zero-order valence-corrected chi connectivity index (χ0v) is 14.8. The lowest BCUT2D eigenvalue weighted by Crippen LogP contribution is -2.06. The smallest absolute Gasteiger partial charge is 0.348 e. The van der Waals surface area contributed by atoms with E-state index >= 15 is 0 Å². The maximum Gasteiger partial charge on any atom is 0.348 e. The average molecular weight is 322 g/mol. The number of esters is 1. The minimum Gasteiger partial charge on any atom is -0.462 e. The highest BCUT2D eigenvalue weighted by Crippen LogP contribution is 2.24. The number of rotatable bonds is 4. The molecule has 0 saturated heterocycles. The van der Waals surface area contributed by atoms with Crippen molar-refractivity contribution in [2.45, 2.75) is 34.6 Å². The predicted molar refractivity (Wildman–Crippen MR) is 94.9 cm³/mol. The van der Waals surface area contributed by atoms with Crippen LogP contribution in [-0.4, -0.2) is 17.1 Å². The van der Waals surface area contributed by atoms with E-state index in [1.807, 2.05) is 26.0 Å². The van der Waals surface area contributed by atoms with Gasteiger partial charge in [0, 0.05) is 17.1 Å². The van der Waals surface area contributed by atoms with Gasteiger partial charge in [-0.3, -0.25) is 0 Å². The maximum atomic E-state index is 11.8. The van der Waals surface area contributed by atoms with Crippen molar-refractivity contribution in [2.75, 3.05) is 6.61 Å². The highest BCUT2D eigenvalue weighted by molar-refractivity contribution is 5.98. The van der Waals surface area contributed by atoms with E-state index in [0.717, 1.165) is 22.6 Å². The lowest BCUT2D eigenvalue weighted by Gasteiger charge is -2.11. The molecular weight excluding hydrogens is 300 g/mol. The molecule has 0 aliphatic carbocycles. The average Bonchev–Trinajstić information content (AvgIpc) is 2.82. The fourth-order valence-electron chi connectivity index (χ4n) is 2.70. The molecule has 1 heterocycles. The summed E-state index contributed by atoms with van der Waals surface area (Å²) in [6.45, 7) is 10.1. The van der Waals surface area contributed by atoms with Crippen molar-refractivity contribution in [1.82, 2.24) is 4.57 Å². The SMILES string of the molecule is CCOC(=O)/C(C#N)=C/c1cc(C)n(-c2ccc(C)c(C)c2)c1C. The highest BCUT2D eigenvalue weighted by Gasteiger charge is 2.14. The van der Waals surface area contributed by atoms with Crippen LogP contribution in [0, 0.1) is 39.0 Å². The van der Waals surface area contributed by atoms with Crippen molar-refractivity contribution in [3.05, 3.63) is 57.9 Å². The Hall–Kier alpha value is -2.80. The molecule has 0 saturated carbocycles. The lowest BCUT2D eigenvalue weighted by molar-refractivity contribution is -0.137. The van der Waals surface area contributed by atoms with Gasteiger partial charge in [-0.2, -0.15) is 5.26 Å². The van der Waals surface area contributed by atoms with Crippen LogP contribution in [-0.2, 0) is 9.53 Å². The molecule has 1 aromatic carbocycles. The molecule has 0 atom stereocenters. The van der Waals surface area contributed by atoms with Crippen LogP contribution >= 0.6 is 0 Å².